The lowest BCUT2D eigenvalue weighted by Gasteiger charge is -2.07. The van der Waals surface area contributed by atoms with Crippen LogP contribution in [0.25, 0.3) is 0 Å². The van der Waals surface area contributed by atoms with Gasteiger partial charge in [0.15, 0.2) is 0 Å². The van der Waals surface area contributed by atoms with E-state index in [0.29, 0.717) is 16.8 Å². The van der Waals surface area contributed by atoms with E-state index in [1.165, 1.54) is 0 Å². The molecule has 2 aromatic carbocycles. The molecule has 0 spiro atoms. The van der Waals surface area contributed by atoms with E-state index in [2.05, 4.69) is 4.72 Å². The van der Waals surface area contributed by atoms with E-state index in [1.54, 1.807) is 48.5 Å². The summed E-state index contributed by atoms with van der Waals surface area (Å²) in [7, 11) is -3.46. The van der Waals surface area contributed by atoms with Crippen molar-refractivity contribution in [2.45, 2.75) is 12.3 Å². The lowest BCUT2D eigenvalue weighted by Crippen LogP contribution is -2.24. The van der Waals surface area contributed by atoms with Crippen LogP contribution < -0.4 is 10.5 Å². The average Bonchev–Trinajstić information content (AvgIpc) is 2.45. The van der Waals surface area contributed by atoms with Crippen LogP contribution in [-0.4, -0.2) is 8.42 Å². The summed E-state index contributed by atoms with van der Waals surface area (Å²) in [6.45, 7) is 0.153. The second-order valence-electron chi connectivity index (χ2n) is 4.64. The lowest BCUT2D eigenvalue weighted by molar-refractivity contribution is 0.580. The maximum absolute atomic E-state index is 12.0. The molecule has 0 bridgehead atoms. The Balaban J connectivity index is 2.03. The molecule has 0 unspecified atom stereocenters. The van der Waals surface area contributed by atoms with Crippen molar-refractivity contribution in [2.24, 2.45) is 0 Å². The second kappa shape index (κ2) is 6.39. The molecule has 21 heavy (non-hydrogen) atoms. The smallest absolute Gasteiger partial charge is 0.216 e. The van der Waals surface area contributed by atoms with Crippen molar-refractivity contribution in [2.75, 3.05) is 5.73 Å². The number of anilines is 1. The van der Waals surface area contributed by atoms with Crippen molar-refractivity contribution in [3.63, 3.8) is 0 Å². The number of nitrogens with zero attached hydrogens (tertiary/aromatic N) is 1. The largest absolute Gasteiger partial charge is 0.399 e. The quantitative estimate of drug-likeness (QED) is 0.822. The topological polar surface area (TPSA) is 96.0 Å². The Labute approximate surface area is 124 Å². The lowest BCUT2D eigenvalue weighted by atomic mass is 10.1. The summed E-state index contributed by atoms with van der Waals surface area (Å²) >= 11 is 0. The molecule has 0 aliphatic heterocycles. The van der Waals surface area contributed by atoms with Crippen LogP contribution in [0.5, 0.6) is 0 Å². The summed E-state index contributed by atoms with van der Waals surface area (Å²) in [4.78, 5) is 0. The third-order valence-electron chi connectivity index (χ3n) is 2.86. The van der Waals surface area contributed by atoms with Crippen LogP contribution in [0.4, 0.5) is 5.69 Å². The van der Waals surface area contributed by atoms with E-state index >= 15 is 0 Å². The first-order valence-corrected chi connectivity index (χ1v) is 7.94. The number of sulfonamides is 1. The molecule has 6 heteroatoms. The molecule has 2 aromatic rings. The fourth-order valence-electron chi connectivity index (χ4n) is 1.90. The minimum atomic E-state index is -3.46. The first-order valence-electron chi connectivity index (χ1n) is 6.29. The molecule has 3 N–H and O–H groups in total. The number of hydrogen-bond donors (Lipinski definition) is 2. The normalized spacial score (nSPS) is 11.0. The predicted octanol–water partition coefficient (Wildman–Crippen LogP) is 1.76. The van der Waals surface area contributed by atoms with Crippen LogP contribution in [0.2, 0.25) is 0 Å². The Kier molecular flexibility index (Phi) is 4.58. The molecule has 0 aliphatic rings. The van der Waals surface area contributed by atoms with Gasteiger partial charge in [0.05, 0.1) is 17.4 Å². The van der Waals surface area contributed by atoms with E-state index in [9.17, 15) is 8.42 Å². The number of nitrogen functional groups attached to an aromatic ring is 1. The molecule has 0 fully saturated rings. The molecule has 0 aromatic heterocycles. The number of rotatable bonds is 5. The van der Waals surface area contributed by atoms with E-state index < -0.39 is 10.0 Å². The van der Waals surface area contributed by atoms with Gasteiger partial charge in [0.25, 0.3) is 0 Å². The molecule has 0 aliphatic carbocycles. The molecule has 5 nitrogen and oxygen atoms in total. The maximum atomic E-state index is 12.0. The van der Waals surface area contributed by atoms with Crippen LogP contribution in [0, 0.1) is 11.3 Å². The van der Waals surface area contributed by atoms with Crippen LogP contribution >= 0.6 is 0 Å². The zero-order valence-corrected chi connectivity index (χ0v) is 12.1. The van der Waals surface area contributed by atoms with Crippen LogP contribution in [0.1, 0.15) is 16.7 Å². The summed E-state index contributed by atoms with van der Waals surface area (Å²) in [5.41, 5.74) is 8.04. The fraction of sp³-hybridized carbons (Fsp3) is 0.133. The van der Waals surface area contributed by atoms with Gasteiger partial charge >= 0.3 is 0 Å². The molecular weight excluding hydrogens is 286 g/mol. The molecule has 0 saturated carbocycles. The molecule has 0 radical (unpaired) electrons. The van der Waals surface area contributed by atoms with E-state index in [1.807, 2.05) is 6.07 Å². The Bertz CT molecular complexity index is 780. The summed E-state index contributed by atoms with van der Waals surface area (Å²) < 4.78 is 26.6. The zero-order chi connectivity index (χ0) is 15.3. The minimum Gasteiger partial charge on any atom is -0.399 e. The Morgan fingerprint density at radius 2 is 1.81 bits per heavy atom. The molecule has 108 valence electrons. The Hall–Kier alpha value is -2.36. The highest BCUT2D eigenvalue weighted by molar-refractivity contribution is 7.88. The first kappa shape index (κ1) is 15.0. The van der Waals surface area contributed by atoms with Crippen LogP contribution in [-0.2, 0) is 22.3 Å². The number of benzene rings is 2. The maximum Gasteiger partial charge on any atom is 0.216 e. The monoisotopic (exact) mass is 301 g/mol. The van der Waals surface area contributed by atoms with Gasteiger partial charge in [-0.15, -0.1) is 0 Å². The summed E-state index contributed by atoms with van der Waals surface area (Å²) in [6.07, 6.45) is 0. The van der Waals surface area contributed by atoms with Crippen molar-refractivity contribution < 1.29 is 8.42 Å². The van der Waals surface area contributed by atoms with Gasteiger partial charge in [0, 0.05) is 12.2 Å². The highest BCUT2D eigenvalue weighted by Gasteiger charge is 2.11. The highest BCUT2D eigenvalue weighted by atomic mass is 32.2. The molecule has 0 amide bonds. The number of nitrogens with one attached hydrogen (secondary N) is 1. The van der Waals surface area contributed by atoms with Gasteiger partial charge in [-0.3, -0.25) is 0 Å². The third kappa shape index (κ3) is 4.60. The number of hydrogen-bond acceptors (Lipinski definition) is 4. The SMILES string of the molecule is N#Cc1cccc(CNS(=O)(=O)Cc2cccc(N)c2)c1. The van der Waals surface area contributed by atoms with Gasteiger partial charge < -0.3 is 5.73 Å². The fourth-order valence-corrected chi connectivity index (χ4v) is 3.00. The third-order valence-corrected chi connectivity index (χ3v) is 4.16. The van der Waals surface area contributed by atoms with Gasteiger partial charge in [-0.2, -0.15) is 5.26 Å². The molecule has 0 atom stereocenters. The summed E-state index contributed by atoms with van der Waals surface area (Å²) in [5, 5.41) is 8.81. The van der Waals surface area contributed by atoms with Crippen molar-refractivity contribution in [1.82, 2.24) is 4.72 Å². The average molecular weight is 301 g/mol. The zero-order valence-electron chi connectivity index (χ0n) is 11.3. The highest BCUT2D eigenvalue weighted by Crippen LogP contribution is 2.10. The number of nitrogens with two attached hydrogens (primary N) is 1. The first-order chi connectivity index (χ1) is 9.98. The summed E-state index contributed by atoms with van der Waals surface area (Å²) in [6, 6.07) is 15.6. The molecule has 2 rings (SSSR count). The predicted molar refractivity (Wildman–Crippen MR) is 81.5 cm³/mol. The van der Waals surface area contributed by atoms with Crippen molar-refractivity contribution in [3.05, 3.63) is 65.2 Å². The molecule has 0 saturated heterocycles. The van der Waals surface area contributed by atoms with Crippen molar-refractivity contribution in [1.29, 1.82) is 5.26 Å². The van der Waals surface area contributed by atoms with Gasteiger partial charge in [-0.1, -0.05) is 24.3 Å². The minimum absolute atomic E-state index is 0.129. The van der Waals surface area contributed by atoms with Crippen molar-refractivity contribution in [3.8, 4) is 6.07 Å². The number of nitriles is 1. The van der Waals surface area contributed by atoms with Gasteiger partial charge in [-0.05, 0) is 35.4 Å². The van der Waals surface area contributed by atoms with Crippen molar-refractivity contribution >= 4 is 15.7 Å². The van der Waals surface area contributed by atoms with E-state index in [0.717, 1.165) is 5.56 Å². The Morgan fingerprint density at radius 3 is 2.52 bits per heavy atom. The van der Waals surface area contributed by atoms with Crippen LogP contribution in [0.3, 0.4) is 0 Å². The van der Waals surface area contributed by atoms with Crippen LogP contribution in [0.15, 0.2) is 48.5 Å². The van der Waals surface area contributed by atoms with Gasteiger partial charge in [0.2, 0.25) is 10.0 Å². The standard InChI is InChI=1S/C15H15N3O2S/c16-9-12-3-1-4-13(7-12)10-18-21(19,20)11-14-5-2-6-15(17)8-14/h1-8,18H,10-11,17H2. The van der Waals surface area contributed by atoms with Gasteiger partial charge in [-0.25, -0.2) is 13.1 Å². The van der Waals surface area contributed by atoms with Gasteiger partial charge in [0.1, 0.15) is 0 Å². The van der Waals surface area contributed by atoms with E-state index in [4.69, 9.17) is 11.0 Å². The molecular formula is C15H15N3O2S. The summed E-state index contributed by atoms with van der Waals surface area (Å²) in [5.74, 6) is -0.129. The second-order valence-corrected chi connectivity index (χ2v) is 6.44. The molecule has 0 heterocycles. The van der Waals surface area contributed by atoms with E-state index in [-0.39, 0.29) is 12.3 Å². The Morgan fingerprint density at radius 1 is 1.10 bits per heavy atom.